The molecular weight excluding hydrogens is 432 g/mol. The van der Waals surface area contributed by atoms with Crippen molar-refractivity contribution in [3.8, 4) is 23.0 Å². The zero-order valence-corrected chi connectivity index (χ0v) is 20.5. The van der Waals surface area contributed by atoms with Crippen LogP contribution in [0.5, 0.6) is 23.0 Å². The Hall–Kier alpha value is -3.19. The van der Waals surface area contributed by atoms with E-state index in [4.69, 9.17) is 18.9 Å². The second-order valence-electron chi connectivity index (χ2n) is 8.68. The third kappa shape index (κ3) is 4.99. The average molecular weight is 467 g/mol. The van der Waals surface area contributed by atoms with Crippen LogP contribution in [0, 0.1) is 0 Å². The van der Waals surface area contributed by atoms with Gasteiger partial charge in [0, 0.05) is 12.7 Å². The molecule has 0 saturated heterocycles. The molecule has 0 bridgehead atoms. The highest BCUT2D eigenvalue weighted by Crippen LogP contribution is 2.43. The summed E-state index contributed by atoms with van der Waals surface area (Å²) in [5, 5.41) is 3.53. The minimum absolute atomic E-state index is 0.0951. The van der Waals surface area contributed by atoms with Gasteiger partial charge in [-0.2, -0.15) is 0 Å². The van der Waals surface area contributed by atoms with Crippen molar-refractivity contribution in [1.29, 1.82) is 0 Å². The van der Waals surface area contributed by atoms with Crippen LogP contribution < -0.4 is 24.3 Å². The number of nitrogens with one attached hydrogen (secondary N) is 1. The van der Waals surface area contributed by atoms with Crippen molar-refractivity contribution < 1.29 is 23.7 Å². The van der Waals surface area contributed by atoms with E-state index in [-0.39, 0.29) is 5.91 Å². The van der Waals surface area contributed by atoms with Crippen molar-refractivity contribution in [3.63, 3.8) is 0 Å². The first-order valence-corrected chi connectivity index (χ1v) is 11.8. The Morgan fingerprint density at radius 2 is 1.53 bits per heavy atom. The first-order valence-electron chi connectivity index (χ1n) is 11.8. The first-order chi connectivity index (χ1) is 16.6. The largest absolute Gasteiger partial charge is 0.493 e. The molecule has 34 heavy (non-hydrogen) atoms. The zero-order chi connectivity index (χ0) is 24.1. The second kappa shape index (κ2) is 10.8. The molecule has 1 heterocycles. The molecule has 0 saturated carbocycles. The van der Waals surface area contributed by atoms with Gasteiger partial charge >= 0.3 is 0 Å². The van der Waals surface area contributed by atoms with Crippen molar-refractivity contribution in [3.05, 3.63) is 52.7 Å². The van der Waals surface area contributed by atoms with Crippen LogP contribution in [0.15, 0.2) is 30.5 Å². The van der Waals surface area contributed by atoms with Crippen LogP contribution in [0.2, 0.25) is 0 Å². The Morgan fingerprint density at radius 3 is 2.24 bits per heavy atom. The van der Waals surface area contributed by atoms with E-state index in [0.717, 1.165) is 55.0 Å². The zero-order valence-electron chi connectivity index (χ0n) is 20.5. The summed E-state index contributed by atoms with van der Waals surface area (Å²) in [7, 11) is 6.57. The van der Waals surface area contributed by atoms with Crippen LogP contribution in [0.1, 0.15) is 41.0 Å². The molecule has 1 aliphatic carbocycles. The fourth-order valence-corrected chi connectivity index (χ4v) is 4.73. The fraction of sp³-hybridized carbons (Fsp3) is 0.444. The summed E-state index contributed by atoms with van der Waals surface area (Å²) in [6, 6.07) is 8.02. The highest BCUT2D eigenvalue weighted by Gasteiger charge is 2.28. The number of hydrogen-bond donors (Lipinski definition) is 1. The molecule has 1 amide bonds. The SMILES string of the molecule is COc1cc2c(cc1OC)CC(=O)N(CCCNCC[C@@H]1Cc3cc(OC)c(OC)cc31)C=C2. The van der Waals surface area contributed by atoms with Gasteiger partial charge in [-0.05, 0) is 90.9 Å². The highest BCUT2D eigenvalue weighted by molar-refractivity contribution is 5.84. The fourth-order valence-electron chi connectivity index (χ4n) is 4.73. The minimum atomic E-state index is 0.0951. The number of fused-ring (bicyclic) bond motifs is 2. The van der Waals surface area contributed by atoms with Crippen molar-refractivity contribution in [1.82, 2.24) is 10.2 Å². The summed E-state index contributed by atoms with van der Waals surface area (Å²) in [4.78, 5) is 14.6. The first kappa shape index (κ1) is 24.0. The van der Waals surface area contributed by atoms with Crippen LogP contribution in [0.4, 0.5) is 0 Å². The third-order valence-corrected chi connectivity index (χ3v) is 6.72. The number of carbonyl (C=O) groups is 1. The normalized spacial score (nSPS) is 16.3. The van der Waals surface area contributed by atoms with Gasteiger partial charge in [0.25, 0.3) is 0 Å². The van der Waals surface area contributed by atoms with Gasteiger partial charge in [0.15, 0.2) is 23.0 Å². The summed E-state index contributed by atoms with van der Waals surface area (Å²) >= 11 is 0. The molecule has 1 aliphatic heterocycles. The second-order valence-corrected chi connectivity index (χ2v) is 8.68. The van der Waals surface area contributed by atoms with Crippen molar-refractivity contribution >= 4 is 12.0 Å². The summed E-state index contributed by atoms with van der Waals surface area (Å²) in [6.07, 6.45) is 7.28. The molecule has 1 atom stereocenters. The Labute approximate surface area is 201 Å². The average Bonchev–Trinajstić information content (AvgIpc) is 2.99. The molecule has 0 unspecified atom stereocenters. The molecule has 2 aromatic rings. The Morgan fingerprint density at radius 1 is 0.882 bits per heavy atom. The predicted molar refractivity (Wildman–Crippen MR) is 132 cm³/mol. The maximum atomic E-state index is 12.8. The van der Waals surface area contributed by atoms with E-state index >= 15 is 0 Å². The van der Waals surface area contributed by atoms with E-state index in [1.165, 1.54) is 11.1 Å². The monoisotopic (exact) mass is 466 g/mol. The molecule has 2 aliphatic rings. The molecule has 0 aromatic heterocycles. The van der Waals surface area contributed by atoms with Crippen LogP contribution >= 0.6 is 0 Å². The number of rotatable bonds is 11. The number of carbonyl (C=O) groups excluding carboxylic acids is 1. The van der Waals surface area contributed by atoms with Gasteiger partial charge in [0.05, 0.1) is 34.9 Å². The van der Waals surface area contributed by atoms with Gasteiger partial charge in [0.1, 0.15) is 0 Å². The maximum absolute atomic E-state index is 12.8. The number of ether oxygens (including phenoxy) is 4. The number of benzene rings is 2. The number of methoxy groups -OCH3 is 4. The lowest BCUT2D eigenvalue weighted by Gasteiger charge is -2.31. The van der Waals surface area contributed by atoms with E-state index in [1.54, 1.807) is 28.4 Å². The molecule has 1 N–H and O–H groups in total. The minimum Gasteiger partial charge on any atom is -0.493 e. The molecule has 0 fully saturated rings. The quantitative estimate of drug-likeness (QED) is 0.508. The smallest absolute Gasteiger partial charge is 0.230 e. The van der Waals surface area contributed by atoms with E-state index in [9.17, 15) is 4.79 Å². The Balaban J connectivity index is 1.21. The number of hydrogen-bond acceptors (Lipinski definition) is 6. The topological polar surface area (TPSA) is 69.3 Å². The molecular formula is C27H34N2O5. The molecule has 2 aromatic carbocycles. The molecule has 0 spiro atoms. The number of nitrogens with zero attached hydrogens (tertiary/aromatic N) is 1. The van der Waals surface area contributed by atoms with E-state index in [1.807, 2.05) is 29.3 Å². The Bertz CT molecular complexity index is 1070. The van der Waals surface area contributed by atoms with Gasteiger partial charge in [-0.25, -0.2) is 0 Å². The van der Waals surface area contributed by atoms with Crippen LogP contribution in [-0.2, 0) is 17.6 Å². The van der Waals surface area contributed by atoms with Crippen molar-refractivity contribution in [2.24, 2.45) is 0 Å². The van der Waals surface area contributed by atoms with Gasteiger partial charge in [0.2, 0.25) is 5.91 Å². The van der Waals surface area contributed by atoms with Crippen molar-refractivity contribution in [2.45, 2.75) is 31.6 Å². The highest BCUT2D eigenvalue weighted by atomic mass is 16.5. The summed E-state index contributed by atoms with van der Waals surface area (Å²) in [5.74, 6) is 3.57. The lowest BCUT2D eigenvalue weighted by atomic mass is 9.75. The third-order valence-electron chi connectivity index (χ3n) is 6.72. The van der Waals surface area contributed by atoms with E-state index in [0.29, 0.717) is 30.4 Å². The molecule has 182 valence electrons. The van der Waals surface area contributed by atoms with Crippen molar-refractivity contribution in [2.75, 3.05) is 48.1 Å². The summed E-state index contributed by atoms with van der Waals surface area (Å²) in [6.45, 7) is 2.51. The van der Waals surface area contributed by atoms with Gasteiger partial charge in [-0.3, -0.25) is 4.79 Å². The van der Waals surface area contributed by atoms with Gasteiger partial charge < -0.3 is 29.2 Å². The lowest BCUT2D eigenvalue weighted by Crippen LogP contribution is -2.30. The van der Waals surface area contributed by atoms with Crippen LogP contribution in [-0.4, -0.2) is 58.9 Å². The summed E-state index contributed by atoms with van der Waals surface area (Å²) < 4.78 is 21.6. The van der Waals surface area contributed by atoms with E-state index < -0.39 is 0 Å². The predicted octanol–water partition coefficient (Wildman–Crippen LogP) is 3.79. The van der Waals surface area contributed by atoms with Crippen LogP contribution in [0.25, 0.3) is 6.08 Å². The van der Waals surface area contributed by atoms with Crippen LogP contribution in [0.3, 0.4) is 0 Å². The van der Waals surface area contributed by atoms with Gasteiger partial charge in [-0.15, -0.1) is 0 Å². The summed E-state index contributed by atoms with van der Waals surface area (Å²) in [5.41, 5.74) is 4.66. The Kier molecular flexibility index (Phi) is 7.63. The maximum Gasteiger partial charge on any atom is 0.230 e. The molecule has 7 heteroatoms. The van der Waals surface area contributed by atoms with Gasteiger partial charge in [-0.1, -0.05) is 0 Å². The lowest BCUT2D eigenvalue weighted by molar-refractivity contribution is -0.127. The number of amides is 1. The molecule has 7 nitrogen and oxygen atoms in total. The molecule has 0 radical (unpaired) electrons. The molecule has 4 rings (SSSR count). The van der Waals surface area contributed by atoms with E-state index in [2.05, 4.69) is 17.4 Å². The standard InChI is InChI=1S/C27H34N2O5/c1-31-23-13-18-7-11-29(27(30)16-20(18)14-24(23)32-2)10-5-8-28-9-6-19-12-21-15-25(33-3)26(34-4)17-22(19)21/h7,11,13-15,17,19,28H,5-6,8-10,12,16H2,1-4H3/t19-/m1/s1.